The first-order chi connectivity index (χ1) is 38.4. The summed E-state index contributed by atoms with van der Waals surface area (Å²) in [4.78, 5) is 30.2. The third-order valence-electron chi connectivity index (χ3n) is 14.2. The molecule has 11 heteroatoms. The van der Waals surface area contributed by atoms with E-state index in [1.807, 2.05) is 205 Å². The van der Waals surface area contributed by atoms with Gasteiger partial charge in [0.15, 0.2) is 34.9 Å². The van der Waals surface area contributed by atoms with Crippen LogP contribution in [-0.2, 0) is 0 Å². The maximum atomic E-state index is 15.6. The Bertz CT molecular complexity index is 4570. The van der Waals surface area contributed by atoms with E-state index in [9.17, 15) is 5.26 Å². The molecule has 0 aliphatic carbocycles. The number of aromatic nitrogens is 8. The quantitative estimate of drug-likeness (QED) is 0.142. The maximum absolute atomic E-state index is 15.6. The summed E-state index contributed by atoms with van der Waals surface area (Å²) < 4.78 is 35.2. The van der Waals surface area contributed by atoms with Crippen LogP contribution in [-0.4, -0.2) is 39.0 Å². The van der Waals surface area contributed by atoms with Gasteiger partial charge in [-0.15, -0.1) is 0 Å². The van der Waals surface area contributed by atoms with Crippen LogP contribution < -0.4 is 0 Å². The first-order valence-electron chi connectivity index (χ1n) is 25.3. The van der Waals surface area contributed by atoms with Gasteiger partial charge in [0.1, 0.15) is 23.3 Å². The van der Waals surface area contributed by atoms with Crippen molar-refractivity contribution in [3.05, 3.63) is 254 Å². The van der Waals surface area contributed by atoms with Crippen molar-refractivity contribution in [2.75, 3.05) is 0 Å². The van der Waals surface area contributed by atoms with E-state index in [0.717, 1.165) is 72.0 Å². The zero-order valence-electron chi connectivity index (χ0n) is 41.3. The van der Waals surface area contributed by atoms with Crippen molar-refractivity contribution in [2.24, 2.45) is 0 Å². The van der Waals surface area contributed by atoms with E-state index in [2.05, 4.69) is 28.8 Å². The number of nitriles is 1. The van der Waals surface area contributed by atoms with Crippen LogP contribution in [0, 0.1) is 23.0 Å². The van der Waals surface area contributed by atoms with Gasteiger partial charge in [-0.2, -0.15) is 5.26 Å². The lowest BCUT2D eigenvalue weighted by molar-refractivity contribution is 0.584. The van der Waals surface area contributed by atoms with Crippen LogP contribution in [0.25, 0.3) is 134 Å². The normalized spacial score (nSPS) is 11.4. The smallest absolute Gasteiger partial charge is 0.164 e. The molecule has 366 valence electrons. The molecule has 10 aromatic carbocycles. The topological polar surface area (TPSA) is 111 Å². The third kappa shape index (κ3) is 7.91. The van der Waals surface area contributed by atoms with Gasteiger partial charge in [-0.3, -0.25) is 0 Å². The molecule has 14 aromatic rings. The monoisotopic (exact) mass is 1010 g/mol. The number of benzene rings is 10. The van der Waals surface area contributed by atoms with Gasteiger partial charge in [0, 0.05) is 66.6 Å². The summed E-state index contributed by atoms with van der Waals surface area (Å²) in [5, 5.41) is 15.6. The van der Waals surface area contributed by atoms with Crippen LogP contribution in [0.1, 0.15) is 5.56 Å². The lowest BCUT2D eigenvalue weighted by atomic mass is 9.97. The van der Waals surface area contributed by atoms with E-state index in [1.165, 1.54) is 12.1 Å². The highest BCUT2D eigenvalue weighted by atomic mass is 19.1. The Morgan fingerprint density at radius 3 is 1.09 bits per heavy atom. The van der Waals surface area contributed by atoms with E-state index >= 15 is 8.78 Å². The Labute approximate surface area is 445 Å². The molecular weight excluding hydrogens is 969 g/mol. The molecule has 0 bridgehead atoms. The molecule has 78 heavy (non-hydrogen) atoms. The van der Waals surface area contributed by atoms with Gasteiger partial charge in [-0.25, -0.2) is 38.7 Å². The summed E-state index contributed by atoms with van der Waals surface area (Å²) in [6.07, 6.45) is 0. The van der Waals surface area contributed by atoms with Crippen molar-refractivity contribution in [1.29, 1.82) is 5.26 Å². The second-order valence-electron chi connectivity index (χ2n) is 18.9. The van der Waals surface area contributed by atoms with Crippen LogP contribution in [0.5, 0.6) is 0 Å². The molecule has 0 aliphatic heterocycles. The van der Waals surface area contributed by atoms with Gasteiger partial charge in [-0.05, 0) is 48.0 Å². The van der Waals surface area contributed by atoms with Crippen LogP contribution in [0.3, 0.4) is 0 Å². The molecule has 4 aromatic heterocycles. The SMILES string of the molecule is N#Cc1c(-n2c3ccccc3c3ccc(-c4nc(-c5ccccc5)nc(-c5ccccc5)n4)cc32)ccc(-c2cc(F)cc(F)c2)c1-n1c2ccccc2c2ccc(-c3nc(-c4ccccc4)nc(-c4ccccc4)n3)cc21. The van der Waals surface area contributed by atoms with Crippen LogP contribution in [0.4, 0.5) is 8.78 Å². The molecule has 0 saturated heterocycles. The molecule has 0 atom stereocenters. The number of rotatable bonds is 9. The number of nitrogens with zero attached hydrogens (tertiary/aromatic N) is 9. The summed E-state index contributed by atoms with van der Waals surface area (Å²) in [5.41, 5.74) is 9.79. The van der Waals surface area contributed by atoms with Crippen LogP contribution >= 0.6 is 0 Å². The lowest BCUT2D eigenvalue weighted by Gasteiger charge is -2.20. The van der Waals surface area contributed by atoms with Crippen LogP contribution in [0.2, 0.25) is 0 Å². The van der Waals surface area contributed by atoms with Crippen molar-refractivity contribution < 1.29 is 8.78 Å². The second kappa shape index (κ2) is 18.8. The van der Waals surface area contributed by atoms with Gasteiger partial charge in [0.2, 0.25) is 0 Å². The van der Waals surface area contributed by atoms with Crippen molar-refractivity contribution in [1.82, 2.24) is 39.0 Å². The Morgan fingerprint density at radius 1 is 0.308 bits per heavy atom. The average molecular weight is 1010 g/mol. The summed E-state index contributed by atoms with van der Waals surface area (Å²) in [6, 6.07) is 77.3. The molecular formula is C67H39F2N9. The maximum Gasteiger partial charge on any atom is 0.164 e. The predicted molar refractivity (Wildman–Crippen MR) is 305 cm³/mol. The molecule has 0 radical (unpaired) electrons. The van der Waals surface area contributed by atoms with Crippen molar-refractivity contribution >= 4 is 43.6 Å². The van der Waals surface area contributed by atoms with Crippen molar-refractivity contribution in [3.63, 3.8) is 0 Å². The standard InChI is InChI=1S/C67H39F2N9/c68-48-35-47(36-49(69)39-48)50-33-34-58(77-56-27-15-13-25-51(56)53-31-29-45(37-59(53)77)66-73-62(41-17-5-1-6-18-41)71-63(74-66)42-19-7-2-8-20-42)55(40-70)61(50)78-57-28-16-14-26-52(57)54-32-30-46(38-60(54)78)67-75-64(43-21-9-3-10-22-43)72-65(76-67)44-23-11-4-12-24-44/h1-39H. The molecule has 4 heterocycles. The predicted octanol–water partition coefficient (Wildman–Crippen LogP) is 16.1. The Balaban J connectivity index is 1.04. The number of hydrogen-bond donors (Lipinski definition) is 0. The fourth-order valence-corrected chi connectivity index (χ4v) is 10.6. The van der Waals surface area contributed by atoms with Gasteiger partial charge in [-0.1, -0.05) is 188 Å². The summed E-state index contributed by atoms with van der Waals surface area (Å²) in [6.45, 7) is 0. The molecule has 0 amide bonds. The Kier molecular flexibility index (Phi) is 11.0. The molecule has 0 unspecified atom stereocenters. The molecule has 0 aliphatic rings. The van der Waals surface area contributed by atoms with E-state index in [4.69, 9.17) is 29.9 Å². The lowest BCUT2D eigenvalue weighted by Crippen LogP contribution is -2.07. The fraction of sp³-hybridized carbons (Fsp3) is 0. The number of para-hydroxylation sites is 2. The molecule has 9 nitrogen and oxygen atoms in total. The Hall–Kier alpha value is -10.8. The number of hydrogen-bond acceptors (Lipinski definition) is 7. The molecule has 0 saturated carbocycles. The highest BCUT2D eigenvalue weighted by Crippen LogP contribution is 2.44. The minimum absolute atomic E-state index is 0.257. The minimum atomic E-state index is -0.750. The minimum Gasteiger partial charge on any atom is -0.308 e. The van der Waals surface area contributed by atoms with Gasteiger partial charge in [0.05, 0.1) is 33.4 Å². The van der Waals surface area contributed by atoms with E-state index in [-0.39, 0.29) is 11.1 Å². The van der Waals surface area contributed by atoms with E-state index in [0.29, 0.717) is 63.0 Å². The molecule has 14 rings (SSSR count). The molecule has 0 fully saturated rings. The van der Waals surface area contributed by atoms with Gasteiger partial charge < -0.3 is 9.13 Å². The fourth-order valence-electron chi connectivity index (χ4n) is 10.6. The van der Waals surface area contributed by atoms with Gasteiger partial charge >= 0.3 is 0 Å². The average Bonchev–Trinajstić information content (AvgIpc) is 4.18. The molecule has 0 N–H and O–H groups in total. The second-order valence-corrected chi connectivity index (χ2v) is 18.9. The summed E-state index contributed by atoms with van der Waals surface area (Å²) in [7, 11) is 0. The zero-order valence-corrected chi connectivity index (χ0v) is 41.3. The first-order valence-corrected chi connectivity index (χ1v) is 25.3. The summed E-state index contributed by atoms with van der Waals surface area (Å²) >= 11 is 0. The van der Waals surface area contributed by atoms with Gasteiger partial charge in [0.25, 0.3) is 0 Å². The van der Waals surface area contributed by atoms with Crippen LogP contribution in [0.15, 0.2) is 237 Å². The highest BCUT2D eigenvalue weighted by Gasteiger charge is 2.26. The molecule has 0 spiro atoms. The first kappa shape index (κ1) is 45.8. The van der Waals surface area contributed by atoms with E-state index in [1.54, 1.807) is 0 Å². The van der Waals surface area contributed by atoms with Crippen molar-refractivity contribution in [3.8, 4) is 96.9 Å². The number of halogens is 2. The zero-order chi connectivity index (χ0) is 52.3. The summed E-state index contributed by atoms with van der Waals surface area (Å²) in [5.74, 6) is 1.48. The number of fused-ring (bicyclic) bond motifs is 6. The van der Waals surface area contributed by atoms with Crippen molar-refractivity contribution in [2.45, 2.75) is 0 Å². The largest absolute Gasteiger partial charge is 0.308 e. The third-order valence-corrected chi connectivity index (χ3v) is 14.2. The Morgan fingerprint density at radius 2 is 0.667 bits per heavy atom. The van der Waals surface area contributed by atoms with E-state index < -0.39 is 11.6 Å². The highest BCUT2D eigenvalue weighted by molar-refractivity contribution is 6.12.